The zero-order chi connectivity index (χ0) is 11.8. The van der Waals surface area contributed by atoms with Crippen LogP contribution in [0.5, 0.6) is 5.75 Å². The van der Waals surface area contributed by atoms with Crippen LogP contribution in [0.2, 0.25) is 0 Å². The predicted molar refractivity (Wildman–Crippen MR) is 70.0 cm³/mol. The van der Waals surface area contributed by atoms with Crippen molar-refractivity contribution < 1.29 is 9.53 Å². The second-order valence-corrected chi connectivity index (χ2v) is 4.58. The lowest BCUT2D eigenvalue weighted by Gasteiger charge is -2.31. The Morgan fingerprint density at radius 2 is 2.18 bits per heavy atom. The molecule has 0 fully saturated rings. The molecule has 1 unspecified atom stereocenters. The van der Waals surface area contributed by atoms with Crippen LogP contribution in [-0.4, -0.2) is 17.9 Å². The molecule has 0 aromatic heterocycles. The number of benzene rings is 1. The van der Waals surface area contributed by atoms with Gasteiger partial charge < -0.3 is 10.5 Å². The third-order valence-corrected chi connectivity index (χ3v) is 3.53. The van der Waals surface area contributed by atoms with Crippen LogP contribution in [-0.2, 0) is 17.6 Å². The molecule has 0 aliphatic heterocycles. The average molecular weight is 276 g/mol. The Morgan fingerprint density at radius 1 is 1.47 bits per heavy atom. The molecule has 0 radical (unpaired) electrons. The number of nitrogens with two attached hydrogens (primary N) is 1. The van der Waals surface area contributed by atoms with E-state index in [1.54, 1.807) is 7.11 Å². The van der Waals surface area contributed by atoms with Gasteiger partial charge in [0.15, 0.2) is 0 Å². The van der Waals surface area contributed by atoms with Crippen LogP contribution in [0.25, 0.3) is 0 Å². The zero-order valence-electron chi connectivity index (χ0n) is 9.53. The molecule has 0 heterocycles. The molecule has 1 aromatic carbocycles. The SMILES string of the molecule is COc1ccc2c(c1)CCC(N)(C(=O)Cl)C2.Cl. The highest BCUT2D eigenvalue weighted by Gasteiger charge is 2.36. The van der Waals surface area contributed by atoms with Crippen LogP contribution in [0.3, 0.4) is 0 Å². The van der Waals surface area contributed by atoms with Gasteiger partial charge in [0.1, 0.15) is 5.75 Å². The molecule has 0 amide bonds. The Balaban J connectivity index is 0.00000144. The number of fused-ring (bicyclic) bond motifs is 1. The van der Waals surface area contributed by atoms with Gasteiger partial charge in [-0.15, -0.1) is 12.4 Å². The number of hydrogen-bond acceptors (Lipinski definition) is 3. The summed E-state index contributed by atoms with van der Waals surface area (Å²) in [5.74, 6) is 0.834. The van der Waals surface area contributed by atoms with Crippen molar-refractivity contribution in [3.8, 4) is 5.75 Å². The summed E-state index contributed by atoms with van der Waals surface area (Å²) in [4.78, 5) is 11.3. The van der Waals surface area contributed by atoms with Crippen LogP contribution in [0.4, 0.5) is 0 Å². The van der Waals surface area contributed by atoms with Gasteiger partial charge in [0.2, 0.25) is 5.24 Å². The van der Waals surface area contributed by atoms with Gasteiger partial charge in [-0.1, -0.05) is 6.07 Å². The number of hydrogen-bond donors (Lipinski definition) is 1. The molecule has 1 atom stereocenters. The minimum absolute atomic E-state index is 0. The van der Waals surface area contributed by atoms with Gasteiger partial charge in [0.25, 0.3) is 0 Å². The van der Waals surface area contributed by atoms with E-state index in [4.69, 9.17) is 22.1 Å². The van der Waals surface area contributed by atoms with Crippen molar-refractivity contribution in [3.63, 3.8) is 0 Å². The van der Waals surface area contributed by atoms with Crippen LogP contribution in [0.15, 0.2) is 18.2 Å². The van der Waals surface area contributed by atoms with Crippen molar-refractivity contribution >= 4 is 29.3 Å². The quantitative estimate of drug-likeness (QED) is 0.841. The van der Waals surface area contributed by atoms with Crippen molar-refractivity contribution in [2.75, 3.05) is 7.11 Å². The molecule has 0 saturated heterocycles. The standard InChI is InChI=1S/C12H14ClNO2.ClH/c1-16-10-3-2-9-7-12(14,11(13)15)5-4-8(9)6-10;/h2-3,6H,4-5,7,14H2,1H3;1H. The molecule has 2 N–H and O–H groups in total. The van der Waals surface area contributed by atoms with Crippen molar-refractivity contribution in [1.29, 1.82) is 0 Å². The topological polar surface area (TPSA) is 52.3 Å². The first-order valence-electron chi connectivity index (χ1n) is 5.20. The maximum Gasteiger partial charge on any atom is 0.241 e. The fourth-order valence-electron chi connectivity index (χ4n) is 2.09. The van der Waals surface area contributed by atoms with Gasteiger partial charge in [0, 0.05) is 0 Å². The Hall–Kier alpha value is -0.770. The molecule has 1 aromatic rings. The molecule has 0 bridgehead atoms. The number of methoxy groups -OCH3 is 1. The molecule has 94 valence electrons. The first-order chi connectivity index (χ1) is 7.55. The third kappa shape index (κ3) is 2.73. The fourth-order valence-corrected chi connectivity index (χ4v) is 2.25. The van der Waals surface area contributed by atoms with E-state index in [2.05, 4.69) is 0 Å². The van der Waals surface area contributed by atoms with E-state index in [1.165, 1.54) is 5.56 Å². The predicted octanol–water partition coefficient (Wildman–Crippen LogP) is 2.07. The van der Waals surface area contributed by atoms with E-state index >= 15 is 0 Å². The number of aryl methyl sites for hydroxylation is 1. The Labute approximate surface area is 112 Å². The maximum absolute atomic E-state index is 11.3. The first-order valence-corrected chi connectivity index (χ1v) is 5.57. The fraction of sp³-hybridized carbons (Fsp3) is 0.417. The number of carbonyl (C=O) groups excluding carboxylic acids is 1. The summed E-state index contributed by atoms with van der Waals surface area (Å²) in [6.07, 6.45) is 1.87. The van der Waals surface area contributed by atoms with E-state index < -0.39 is 10.8 Å². The molecular weight excluding hydrogens is 261 g/mol. The molecule has 1 aliphatic carbocycles. The van der Waals surface area contributed by atoms with E-state index in [-0.39, 0.29) is 12.4 Å². The zero-order valence-corrected chi connectivity index (χ0v) is 11.1. The number of rotatable bonds is 2. The smallest absolute Gasteiger partial charge is 0.241 e. The monoisotopic (exact) mass is 275 g/mol. The second kappa shape index (κ2) is 5.25. The number of ether oxygens (including phenoxy) is 1. The highest BCUT2D eigenvalue weighted by atomic mass is 35.5. The first kappa shape index (κ1) is 14.3. The Bertz CT molecular complexity index is 437. The van der Waals surface area contributed by atoms with Gasteiger partial charge in [-0.2, -0.15) is 0 Å². The molecule has 17 heavy (non-hydrogen) atoms. The van der Waals surface area contributed by atoms with Crippen molar-refractivity contribution in [2.45, 2.75) is 24.8 Å². The summed E-state index contributed by atoms with van der Waals surface area (Å²) < 4.78 is 5.16. The van der Waals surface area contributed by atoms with E-state index in [1.807, 2.05) is 18.2 Å². The second-order valence-electron chi connectivity index (χ2n) is 4.24. The lowest BCUT2D eigenvalue weighted by molar-refractivity contribution is -0.116. The summed E-state index contributed by atoms with van der Waals surface area (Å²) in [7, 11) is 1.64. The highest BCUT2D eigenvalue weighted by molar-refractivity contribution is 6.65. The maximum atomic E-state index is 11.3. The van der Waals surface area contributed by atoms with Gasteiger partial charge in [-0.3, -0.25) is 4.79 Å². The van der Waals surface area contributed by atoms with Crippen LogP contribution < -0.4 is 10.5 Å². The van der Waals surface area contributed by atoms with Gasteiger partial charge >= 0.3 is 0 Å². The van der Waals surface area contributed by atoms with E-state index in [0.717, 1.165) is 17.7 Å². The molecular formula is C12H15Cl2NO2. The van der Waals surface area contributed by atoms with E-state index in [9.17, 15) is 4.79 Å². The molecule has 0 spiro atoms. The van der Waals surface area contributed by atoms with Crippen LogP contribution in [0.1, 0.15) is 17.5 Å². The molecule has 3 nitrogen and oxygen atoms in total. The largest absolute Gasteiger partial charge is 0.497 e. The van der Waals surface area contributed by atoms with Crippen molar-refractivity contribution in [2.24, 2.45) is 5.73 Å². The van der Waals surface area contributed by atoms with E-state index in [0.29, 0.717) is 12.8 Å². The highest BCUT2D eigenvalue weighted by Crippen LogP contribution is 2.30. The van der Waals surface area contributed by atoms with Gasteiger partial charge in [-0.25, -0.2) is 0 Å². The summed E-state index contributed by atoms with van der Waals surface area (Å²) >= 11 is 5.53. The summed E-state index contributed by atoms with van der Waals surface area (Å²) in [5.41, 5.74) is 7.35. The molecule has 1 aliphatic rings. The molecule has 5 heteroatoms. The number of carbonyl (C=O) groups is 1. The minimum atomic E-state index is -0.900. The van der Waals surface area contributed by atoms with Gasteiger partial charge in [-0.05, 0) is 54.1 Å². The normalized spacial score (nSPS) is 22.3. The minimum Gasteiger partial charge on any atom is -0.497 e. The summed E-state index contributed by atoms with van der Waals surface area (Å²) in [6, 6.07) is 5.83. The van der Waals surface area contributed by atoms with Gasteiger partial charge in [0.05, 0.1) is 12.6 Å². The lowest BCUT2D eigenvalue weighted by Crippen LogP contribution is -2.50. The van der Waals surface area contributed by atoms with Crippen molar-refractivity contribution in [3.05, 3.63) is 29.3 Å². The summed E-state index contributed by atoms with van der Waals surface area (Å²) in [6.45, 7) is 0. The molecule has 2 rings (SSSR count). The van der Waals surface area contributed by atoms with Crippen molar-refractivity contribution in [1.82, 2.24) is 0 Å². The Morgan fingerprint density at radius 3 is 2.76 bits per heavy atom. The average Bonchev–Trinajstić information content (AvgIpc) is 2.28. The van der Waals surface area contributed by atoms with Crippen LogP contribution >= 0.6 is 24.0 Å². The Kier molecular flexibility index (Phi) is 4.42. The third-order valence-electron chi connectivity index (χ3n) is 3.15. The lowest BCUT2D eigenvalue weighted by atomic mass is 9.79. The van der Waals surface area contributed by atoms with Crippen LogP contribution in [0, 0.1) is 0 Å². The summed E-state index contributed by atoms with van der Waals surface area (Å²) in [5, 5.41) is -0.450. The number of halogens is 2. The molecule has 0 saturated carbocycles.